The van der Waals surface area contributed by atoms with Crippen LogP contribution in [0.2, 0.25) is 15.3 Å². The van der Waals surface area contributed by atoms with Gasteiger partial charge in [0.05, 0.1) is 48.0 Å². The zero-order valence-electron chi connectivity index (χ0n) is 29.6. The summed E-state index contributed by atoms with van der Waals surface area (Å²) in [5.41, 5.74) is 4.39. The summed E-state index contributed by atoms with van der Waals surface area (Å²) in [6.07, 6.45) is 8.84. The van der Waals surface area contributed by atoms with Crippen molar-refractivity contribution in [1.29, 1.82) is 0 Å². The van der Waals surface area contributed by atoms with E-state index in [1.54, 1.807) is 68.6 Å². The van der Waals surface area contributed by atoms with Gasteiger partial charge in [0, 0.05) is 51.8 Å². The van der Waals surface area contributed by atoms with Crippen LogP contribution in [0.4, 0.5) is 0 Å². The fraction of sp³-hybridized carbons (Fsp3) is 0.237. The van der Waals surface area contributed by atoms with Crippen molar-refractivity contribution >= 4 is 46.6 Å². The molecule has 1 aliphatic carbocycles. The molecule has 4 N–H and O–H groups in total. The first kappa shape index (κ1) is 39.3. The van der Waals surface area contributed by atoms with Crippen molar-refractivity contribution in [2.45, 2.75) is 44.8 Å². The van der Waals surface area contributed by atoms with Gasteiger partial charge in [0.2, 0.25) is 5.28 Å². The van der Waals surface area contributed by atoms with Crippen molar-refractivity contribution in [3.8, 4) is 45.3 Å². The van der Waals surface area contributed by atoms with E-state index in [1.165, 1.54) is 12.4 Å². The maximum absolute atomic E-state index is 12.6. The average Bonchev–Trinajstić information content (AvgIpc) is 3.93. The third-order valence-corrected chi connectivity index (χ3v) is 8.86. The minimum Gasteiger partial charge on any atom is -0.394 e. The predicted octanol–water partition coefficient (Wildman–Crippen LogP) is 6.12. The molecule has 7 rings (SSSR count). The molecule has 2 aromatic carbocycles. The molecular weight excluding hydrogens is 767 g/mol. The molecule has 6 aromatic rings. The van der Waals surface area contributed by atoms with Crippen LogP contribution in [0, 0.1) is 0 Å². The van der Waals surface area contributed by atoms with Gasteiger partial charge in [-0.25, -0.2) is 29.9 Å². The lowest BCUT2D eigenvalue weighted by atomic mass is 10.1. The molecule has 0 bridgehead atoms. The second-order valence-electron chi connectivity index (χ2n) is 12.7. The van der Waals surface area contributed by atoms with Crippen molar-refractivity contribution in [3.05, 3.63) is 112 Å². The summed E-state index contributed by atoms with van der Waals surface area (Å²) in [6.45, 7) is 3.08. The number of aliphatic hydroxyl groups is 2. The molecular formula is C38H35Cl3N10O4. The van der Waals surface area contributed by atoms with Crippen molar-refractivity contribution in [2.24, 2.45) is 0 Å². The Labute approximate surface area is 331 Å². The molecule has 0 radical (unpaired) electrons. The standard InChI is InChI=1S/C20H20ClN5O2.C18H15Cl2N5O2/c1-12(11-27)23-20(28)18-8-17(13-2-4-15(21)5-3-13)24-19(25-18)14-9-22-26(10-14)16-6-7-16;1-10(9-26)23-17(27)15-6-14(11-2-4-13(19)5-3-11)24-16(25-15)12-7-21-18(20)22-8-12/h2-5,8-10,12,16,27H,6-7,11H2,1H3,(H,23,28);2-8,10,26H,9H2,1H3,(H,23,27). The molecule has 2 amide bonds. The monoisotopic (exact) mass is 800 g/mol. The van der Waals surface area contributed by atoms with E-state index in [9.17, 15) is 14.7 Å². The van der Waals surface area contributed by atoms with Crippen LogP contribution in [0.3, 0.4) is 0 Å². The van der Waals surface area contributed by atoms with Crippen LogP contribution in [0.5, 0.6) is 0 Å². The minimum atomic E-state index is -0.426. The fourth-order valence-corrected chi connectivity index (χ4v) is 5.38. The predicted molar refractivity (Wildman–Crippen MR) is 209 cm³/mol. The molecule has 1 fully saturated rings. The summed E-state index contributed by atoms with van der Waals surface area (Å²) in [5.74, 6) is -0.0811. The maximum Gasteiger partial charge on any atom is 0.270 e. The van der Waals surface area contributed by atoms with E-state index in [2.05, 4.69) is 45.6 Å². The highest BCUT2D eigenvalue weighted by molar-refractivity contribution is 6.31. The van der Waals surface area contributed by atoms with Gasteiger partial charge >= 0.3 is 0 Å². The lowest BCUT2D eigenvalue weighted by molar-refractivity contribution is 0.0910. The Kier molecular flexibility index (Phi) is 12.8. The molecule has 1 saturated carbocycles. The summed E-state index contributed by atoms with van der Waals surface area (Å²) >= 11 is 17.7. The second kappa shape index (κ2) is 17.8. The van der Waals surface area contributed by atoms with E-state index >= 15 is 0 Å². The Morgan fingerprint density at radius 3 is 1.58 bits per heavy atom. The number of hydrogen-bond donors (Lipinski definition) is 4. The van der Waals surface area contributed by atoms with Gasteiger partial charge in [-0.1, -0.05) is 47.5 Å². The summed E-state index contributed by atoms with van der Waals surface area (Å²) in [7, 11) is 0. The highest BCUT2D eigenvalue weighted by Crippen LogP contribution is 2.35. The molecule has 55 heavy (non-hydrogen) atoms. The highest BCUT2D eigenvalue weighted by atomic mass is 35.5. The molecule has 1 aliphatic rings. The van der Waals surface area contributed by atoms with Crippen molar-refractivity contribution in [1.82, 2.24) is 50.3 Å². The zero-order chi connectivity index (χ0) is 39.1. The van der Waals surface area contributed by atoms with E-state index in [4.69, 9.17) is 39.9 Å². The first-order chi connectivity index (χ1) is 26.5. The molecule has 0 saturated heterocycles. The minimum absolute atomic E-state index is 0.0994. The molecule has 282 valence electrons. The first-order valence-corrected chi connectivity index (χ1v) is 18.3. The van der Waals surface area contributed by atoms with Crippen molar-refractivity contribution in [2.75, 3.05) is 13.2 Å². The molecule has 2 atom stereocenters. The SMILES string of the molecule is CC(CO)NC(=O)c1cc(-c2ccc(Cl)cc2)nc(-c2cnc(Cl)nc2)n1.CC(CO)NC(=O)c1cc(-c2ccc(Cl)cc2)nc(-c2cnn(C3CC3)c2)n1. The van der Waals surface area contributed by atoms with Crippen LogP contribution < -0.4 is 10.6 Å². The van der Waals surface area contributed by atoms with Crippen molar-refractivity contribution < 1.29 is 19.8 Å². The molecule has 2 unspecified atom stereocenters. The van der Waals surface area contributed by atoms with Gasteiger partial charge in [-0.05, 0) is 74.7 Å². The number of halogens is 3. The van der Waals surface area contributed by atoms with Gasteiger partial charge in [0.1, 0.15) is 11.4 Å². The zero-order valence-corrected chi connectivity index (χ0v) is 31.8. The molecule has 0 spiro atoms. The van der Waals surface area contributed by atoms with Crippen LogP contribution in [-0.4, -0.2) is 87.0 Å². The fourth-order valence-electron chi connectivity index (χ4n) is 5.03. The number of amides is 2. The summed E-state index contributed by atoms with van der Waals surface area (Å²) in [4.78, 5) is 50.9. The van der Waals surface area contributed by atoms with E-state index in [0.717, 1.165) is 29.5 Å². The summed E-state index contributed by atoms with van der Waals surface area (Å²) in [5, 5.41) is 29.5. The van der Waals surface area contributed by atoms with Gasteiger partial charge in [-0.15, -0.1) is 0 Å². The maximum atomic E-state index is 12.6. The normalized spacial score (nSPS) is 13.3. The van der Waals surface area contributed by atoms with Crippen molar-refractivity contribution in [3.63, 3.8) is 0 Å². The number of aromatic nitrogens is 8. The van der Waals surface area contributed by atoms with Gasteiger partial charge in [0.25, 0.3) is 11.8 Å². The molecule has 4 heterocycles. The van der Waals surface area contributed by atoms with E-state index < -0.39 is 11.9 Å². The van der Waals surface area contributed by atoms with E-state index in [1.807, 2.05) is 23.0 Å². The molecule has 4 aromatic heterocycles. The Hall–Kier alpha value is -5.38. The van der Waals surface area contributed by atoms with E-state index in [0.29, 0.717) is 38.9 Å². The Morgan fingerprint density at radius 2 is 1.15 bits per heavy atom. The highest BCUT2D eigenvalue weighted by Gasteiger charge is 2.25. The molecule has 14 nitrogen and oxygen atoms in total. The van der Waals surface area contributed by atoms with Crippen LogP contribution >= 0.6 is 34.8 Å². The largest absolute Gasteiger partial charge is 0.394 e. The Bertz CT molecular complexity index is 2210. The number of rotatable bonds is 11. The Morgan fingerprint density at radius 1 is 0.691 bits per heavy atom. The number of carbonyl (C=O) groups excluding carboxylic acids is 2. The van der Waals surface area contributed by atoms with E-state index in [-0.39, 0.29) is 47.7 Å². The van der Waals surface area contributed by atoms with Crippen LogP contribution in [0.25, 0.3) is 45.3 Å². The first-order valence-electron chi connectivity index (χ1n) is 17.2. The Balaban J connectivity index is 0.000000187. The van der Waals surface area contributed by atoms with Gasteiger partial charge in [0.15, 0.2) is 11.6 Å². The van der Waals surface area contributed by atoms with Crippen LogP contribution in [0.1, 0.15) is 53.7 Å². The number of nitrogens with one attached hydrogen (secondary N) is 2. The number of nitrogens with zero attached hydrogens (tertiary/aromatic N) is 8. The summed E-state index contributed by atoms with van der Waals surface area (Å²) < 4.78 is 1.92. The lowest BCUT2D eigenvalue weighted by Gasteiger charge is -2.12. The topological polar surface area (TPSA) is 194 Å². The quantitative estimate of drug-likeness (QED) is 0.110. The average molecular weight is 802 g/mol. The number of carbonyl (C=O) groups is 2. The number of benzene rings is 2. The number of aliphatic hydroxyl groups excluding tert-OH is 2. The van der Waals surface area contributed by atoms with Crippen LogP contribution in [0.15, 0.2) is 85.5 Å². The number of hydrogen-bond acceptors (Lipinski definition) is 11. The lowest BCUT2D eigenvalue weighted by Crippen LogP contribution is -2.35. The third kappa shape index (κ3) is 10.4. The van der Waals surface area contributed by atoms with Gasteiger partial charge < -0.3 is 20.8 Å². The third-order valence-electron chi connectivity index (χ3n) is 8.16. The van der Waals surface area contributed by atoms with Crippen LogP contribution in [-0.2, 0) is 0 Å². The molecule has 0 aliphatic heterocycles. The van der Waals surface area contributed by atoms with Gasteiger partial charge in [-0.2, -0.15) is 5.10 Å². The summed E-state index contributed by atoms with van der Waals surface area (Å²) in [6, 6.07) is 17.2. The van der Waals surface area contributed by atoms with Gasteiger partial charge in [-0.3, -0.25) is 14.3 Å². The molecule has 17 heteroatoms. The smallest absolute Gasteiger partial charge is 0.270 e. The second-order valence-corrected chi connectivity index (χ2v) is 13.9.